The quantitative estimate of drug-likeness (QED) is 0.367. The molecule has 1 aliphatic carbocycles. The minimum Gasteiger partial charge on any atom is -0.439 e. The summed E-state index contributed by atoms with van der Waals surface area (Å²) < 4.78 is 13.8. The molecule has 1 N–H and O–H groups in total. The first-order valence-corrected chi connectivity index (χ1v) is 12.3. The van der Waals surface area contributed by atoms with Gasteiger partial charge in [0.1, 0.15) is 11.4 Å². The molecule has 0 saturated heterocycles. The van der Waals surface area contributed by atoms with Gasteiger partial charge in [-0.3, -0.25) is 4.90 Å². The molecule has 0 bridgehead atoms. The van der Waals surface area contributed by atoms with Crippen molar-refractivity contribution in [2.75, 3.05) is 19.7 Å². The molecule has 0 spiro atoms. The lowest BCUT2D eigenvalue weighted by Gasteiger charge is -2.26. The van der Waals surface area contributed by atoms with Crippen LogP contribution in [0.15, 0.2) is 54.6 Å². The third kappa shape index (κ3) is 6.83. The van der Waals surface area contributed by atoms with E-state index in [2.05, 4.69) is 17.0 Å². The third-order valence-electron chi connectivity index (χ3n) is 5.85. The number of benzene rings is 2. The predicted molar refractivity (Wildman–Crippen MR) is 135 cm³/mol. The van der Waals surface area contributed by atoms with Gasteiger partial charge in [0.05, 0.1) is 24.4 Å². The number of aromatic nitrogens is 2. The highest BCUT2D eigenvalue weighted by Gasteiger charge is 2.28. The van der Waals surface area contributed by atoms with Crippen LogP contribution in [0.5, 0.6) is 11.6 Å². The number of aliphatic hydroxyl groups is 1. The molecular formula is C27H34ClN3O3. The van der Waals surface area contributed by atoms with E-state index in [0.29, 0.717) is 42.3 Å². The topological polar surface area (TPSA) is 59.8 Å². The van der Waals surface area contributed by atoms with Gasteiger partial charge in [-0.2, -0.15) is 5.10 Å². The lowest BCUT2D eigenvalue weighted by Crippen LogP contribution is -2.36. The van der Waals surface area contributed by atoms with Crippen molar-refractivity contribution < 1.29 is 14.6 Å². The molecule has 1 saturated carbocycles. The van der Waals surface area contributed by atoms with Crippen LogP contribution in [0.25, 0.3) is 11.3 Å². The van der Waals surface area contributed by atoms with Crippen LogP contribution in [0, 0.1) is 5.92 Å². The van der Waals surface area contributed by atoms with Gasteiger partial charge in [0.25, 0.3) is 0 Å². The molecule has 3 aromatic rings. The number of nitrogens with zero attached hydrogens (tertiary/aromatic N) is 3. The van der Waals surface area contributed by atoms with E-state index in [9.17, 15) is 5.11 Å². The number of ether oxygens (including phenoxy) is 2. The fourth-order valence-electron chi connectivity index (χ4n) is 4.01. The highest BCUT2D eigenvalue weighted by atomic mass is 35.5. The first-order valence-electron chi connectivity index (χ1n) is 12.0. The van der Waals surface area contributed by atoms with Gasteiger partial charge in [0, 0.05) is 37.3 Å². The van der Waals surface area contributed by atoms with Gasteiger partial charge in [-0.1, -0.05) is 41.9 Å². The number of halogens is 1. The summed E-state index contributed by atoms with van der Waals surface area (Å²) >= 11 is 6.06. The normalized spacial score (nSPS) is 14.7. The second kappa shape index (κ2) is 11.4. The van der Waals surface area contributed by atoms with E-state index in [1.807, 2.05) is 63.4 Å². The first kappa shape index (κ1) is 24.7. The third-order valence-corrected chi connectivity index (χ3v) is 6.10. The summed E-state index contributed by atoms with van der Waals surface area (Å²) in [6.07, 6.45) is 2.01. The minimum absolute atomic E-state index is 0.0916. The smallest absolute Gasteiger partial charge is 0.222 e. The minimum atomic E-state index is -0.557. The molecule has 34 heavy (non-hydrogen) atoms. The summed E-state index contributed by atoms with van der Waals surface area (Å²) in [6, 6.07) is 17.5. The molecule has 1 atom stereocenters. The van der Waals surface area contributed by atoms with Crippen molar-refractivity contribution >= 4 is 11.6 Å². The van der Waals surface area contributed by atoms with Crippen LogP contribution in [0.4, 0.5) is 0 Å². The fourth-order valence-corrected chi connectivity index (χ4v) is 4.14. The zero-order valence-corrected chi connectivity index (χ0v) is 20.9. The first-order chi connectivity index (χ1) is 16.4. The highest BCUT2D eigenvalue weighted by molar-refractivity contribution is 6.30. The Balaban J connectivity index is 1.64. The van der Waals surface area contributed by atoms with E-state index in [1.54, 1.807) is 4.68 Å². The molecule has 0 radical (unpaired) electrons. The largest absolute Gasteiger partial charge is 0.439 e. The van der Waals surface area contributed by atoms with E-state index in [0.717, 1.165) is 23.4 Å². The molecule has 1 fully saturated rings. The summed E-state index contributed by atoms with van der Waals surface area (Å²) in [5.41, 5.74) is 2.93. The Morgan fingerprint density at radius 2 is 1.82 bits per heavy atom. The van der Waals surface area contributed by atoms with Gasteiger partial charge < -0.3 is 14.6 Å². The van der Waals surface area contributed by atoms with E-state index in [4.69, 9.17) is 26.2 Å². The average molecular weight is 484 g/mol. The van der Waals surface area contributed by atoms with Crippen LogP contribution in [-0.4, -0.2) is 51.7 Å². The molecule has 0 unspecified atom stereocenters. The second-order valence-corrected chi connectivity index (χ2v) is 9.79. The van der Waals surface area contributed by atoms with Crippen molar-refractivity contribution in [2.45, 2.75) is 45.4 Å². The summed E-state index contributed by atoms with van der Waals surface area (Å²) in [6.45, 7) is 6.38. The number of aryl methyl sites for hydroxylation is 1. The van der Waals surface area contributed by atoms with Gasteiger partial charge in [0.15, 0.2) is 0 Å². The maximum atomic E-state index is 10.7. The van der Waals surface area contributed by atoms with Crippen molar-refractivity contribution in [3.8, 4) is 22.9 Å². The molecule has 4 rings (SSSR count). The van der Waals surface area contributed by atoms with Gasteiger partial charge in [-0.25, -0.2) is 4.68 Å². The van der Waals surface area contributed by atoms with E-state index in [-0.39, 0.29) is 6.10 Å². The molecule has 1 aromatic heterocycles. The standard InChI is InChI=1S/C27H34ClN3O3/c1-19(2)33-18-23(32)16-31(15-20-9-10-20)17-25-26(21-7-5-4-6-8-21)29-30(3)27(25)34-24-13-11-22(28)12-14-24/h4-8,11-14,19-20,23,32H,9-10,15-18H2,1-3H3/t23-/m0/s1. The lowest BCUT2D eigenvalue weighted by atomic mass is 10.1. The molecule has 0 aliphatic heterocycles. The average Bonchev–Trinajstić information content (AvgIpc) is 3.58. The van der Waals surface area contributed by atoms with Crippen LogP contribution >= 0.6 is 11.6 Å². The molecule has 2 aromatic carbocycles. The van der Waals surface area contributed by atoms with Crippen molar-refractivity contribution in [3.63, 3.8) is 0 Å². The van der Waals surface area contributed by atoms with Crippen LogP contribution in [0.2, 0.25) is 5.02 Å². The van der Waals surface area contributed by atoms with Crippen molar-refractivity contribution in [1.82, 2.24) is 14.7 Å². The van der Waals surface area contributed by atoms with Crippen LogP contribution < -0.4 is 4.74 Å². The molecule has 1 aliphatic rings. The number of rotatable bonds is 12. The Bertz CT molecular complexity index is 1050. The Labute approximate surface area is 207 Å². The van der Waals surface area contributed by atoms with Gasteiger partial charge in [-0.15, -0.1) is 0 Å². The van der Waals surface area contributed by atoms with Crippen molar-refractivity contribution in [1.29, 1.82) is 0 Å². The number of aliphatic hydroxyl groups excluding tert-OH is 1. The molecule has 182 valence electrons. The zero-order chi connectivity index (χ0) is 24.1. The van der Waals surface area contributed by atoms with Crippen LogP contribution in [-0.2, 0) is 18.3 Å². The second-order valence-electron chi connectivity index (χ2n) is 9.35. The fraction of sp³-hybridized carbons (Fsp3) is 0.444. The number of hydrogen-bond acceptors (Lipinski definition) is 5. The van der Waals surface area contributed by atoms with Crippen LogP contribution in [0.3, 0.4) is 0 Å². The van der Waals surface area contributed by atoms with Gasteiger partial charge >= 0.3 is 0 Å². The summed E-state index contributed by atoms with van der Waals surface area (Å²) in [7, 11) is 1.90. The van der Waals surface area contributed by atoms with E-state index < -0.39 is 6.10 Å². The van der Waals surface area contributed by atoms with Crippen molar-refractivity contribution in [2.24, 2.45) is 13.0 Å². The molecule has 1 heterocycles. The highest BCUT2D eigenvalue weighted by Crippen LogP contribution is 2.36. The summed E-state index contributed by atoms with van der Waals surface area (Å²) in [5.74, 6) is 2.07. The summed E-state index contributed by atoms with van der Waals surface area (Å²) in [4.78, 5) is 2.31. The lowest BCUT2D eigenvalue weighted by molar-refractivity contribution is -0.0101. The number of hydrogen-bond donors (Lipinski definition) is 1. The summed E-state index contributed by atoms with van der Waals surface area (Å²) in [5, 5.41) is 16.2. The van der Waals surface area contributed by atoms with Gasteiger partial charge in [-0.05, 0) is 56.9 Å². The maximum absolute atomic E-state index is 10.7. The molecule has 6 nitrogen and oxygen atoms in total. The van der Waals surface area contributed by atoms with Crippen LogP contribution in [0.1, 0.15) is 32.3 Å². The van der Waals surface area contributed by atoms with E-state index in [1.165, 1.54) is 12.8 Å². The predicted octanol–water partition coefficient (Wildman–Crippen LogP) is 5.53. The molecule has 7 heteroatoms. The monoisotopic (exact) mass is 483 g/mol. The van der Waals surface area contributed by atoms with Gasteiger partial charge in [0.2, 0.25) is 5.88 Å². The zero-order valence-electron chi connectivity index (χ0n) is 20.2. The Morgan fingerprint density at radius 1 is 1.12 bits per heavy atom. The Kier molecular flexibility index (Phi) is 8.27. The maximum Gasteiger partial charge on any atom is 0.222 e. The Hall–Kier alpha value is -2.38. The van der Waals surface area contributed by atoms with Crippen molar-refractivity contribution in [3.05, 3.63) is 65.2 Å². The SMILES string of the molecule is CC(C)OC[C@@H](O)CN(Cc1c(-c2ccccc2)nn(C)c1Oc1ccc(Cl)cc1)CC1CC1. The molecule has 0 amide bonds. The Morgan fingerprint density at radius 3 is 2.47 bits per heavy atom. The molecular weight excluding hydrogens is 450 g/mol. The van der Waals surface area contributed by atoms with E-state index >= 15 is 0 Å².